The van der Waals surface area contributed by atoms with Crippen molar-refractivity contribution >= 4 is 29.1 Å². The number of aryl methyl sites for hydroxylation is 1. The number of halogens is 1. The zero-order valence-corrected chi connectivity index (χ0v) is 12.4. The number of aromatic amines is 1. The average molecular weight is 319 g/mol. The Balaban J connectivity index is 1.74. The summed E-state index contributed by atoms with van der Waals surface area (Å²) in [4.78, 5) is 11.7. The second-order valence-corrected chi connectivity index (χ2v) is 5.01. The molecule has 2 rings (SSSR count). The fourth-order valence-electron chi connectivity index (χ4n) is 1.91. The van der Waals surface area contributed by atoms with Crippen LogP contribution >= 0.6 is 11.6 Å². The summed E-state index contributed by atoms with van der Waals surface area (Å²) in [5.74, 6) is 0.198. The van der Waals surface area contributed by atoms with Crippen molar-refractivity contribution in [2.75, 3.05) is 17.6 Å². The number of carbonyl (C=O) groups is 1. The minimum absolute atomic E-state index is 0.198. The van der Waals surface area contributed by atoms with Crippen molar-refractivity contribution in [3.8, 4) is 6.07 Å². The lowest BCUT2D eigenvalue weighted by molar-refractivity contribution is 0.252. The van der Waals surface area contributed by atoms with Crippen molar-refractivity contribution in [3.63, 3.8) is 0 Å². The molecule has 22 heavy (non-hydrogen) atoms. The molecule has 0 aliphatic carbocycles. The standard InChI is InChI=1S/C14H15ClN6O/c15-9-3-1-4-10(7-9)19-14(22)18-6-2-5-12-11(8-16)13(17)21-20-12/h1,3-4,7H,2,5-6H2,(H3,17,20,21)(H2,18,19,22). The Labute approximate surface area is 132 Å². The highest BCUT2D eigenvalue weighted by molar-refractivity contribution is 6.30. The number of nitrogens with zero attached hydrogens (tertiary/aromatic N) is 2. The quantitative estimate of drug-likeness (QED) is 0.632. The molecule has 0 unspecified atom stereocenters. The lowest BCUT2D eigenvalue weighted by atomic mass is 10.1. The predicted octanol–water partition coefficient (Wildman–Crippen LogP) is 2.27. The number of hydrogen-bond acceptors (Lipinski definition) is 4. The van der Waals surface area contributed by atoms with Crippen LogP contribution in [0.3, 0.4) is 0 Å². The van der Waals surface area contributed by atoms with E-state index in [1.54, 1.807) is 24.3 Å². The third-order valence-corrected chi connectivity index (χ3v) is 3.19. The van der Waals surface area contributed by atoms with Gasteiger partial charge in [0.2, 0.25) is 0 Å². The van der Waals surface area contributed by atoms with Crippen LogP contribution in [0, 0.1) is 11.3 Å². The molecule has 8 heteroatoms. The maximum absolute atomic E-state index is 11.7. The van der Waals surface area contributed by atoms with Gasteiger partial charge in [0.25, 0.3) is 0 Å². The van der Waals surface area contributed by atoms with E-state index in [1.807, 2.05) is 6.07 Å². The minimum Gasteiger partial charge on any atom is -0.381 e. The van der Waals surface area contributed by atoms with Crippen LogP contribution in [-0.2, 0) is 6.42 Å². The van der Waals surface area contributed by atoms with Gasteiger partial charge in [0.05, 0.1) is 5.69 Å². The summed E-state index contributed by atoms with van der Waals surface area (Å²) in [7, 11) is 0. The number of nitriles is 1. The van der Waals surface area contributed by atoms with Crippen LogP contribution in [0.4, 0.5) is 16.3 Å². The molecule has 0 aliphatic rings. The van der Waals surface area contributed by atoms with Crippen LogP contribution in [0.2, 0.25) is 5.02 Å². The molecule has 0 radical (unpaired) electrons. The molecule has 7 nitrogen and oxygen atoms in total. The number of amides is 2. The second-order valence-electron chi connectivity index (χ2n) is 4.57. The molecule has 1 heterocycles. The van der Waals surface area contributed by atoms with Crippen molar-refractivity contribution in [2.45, 2.75) is 12.8 Å². The van der Waals surface area contributed by atoms with Gasteiger partial charge >= 0.3 is 6.03 Å². The summed E-state index contributed by atoms with van der Waals surface area (Å²) in [6.45, 7) is 0.455. The summed E-state index contributed by atoms with van der Waals surface area (Å²) in [5, 5.41) is 21.4. The molecule has 0 atom stereocenters. The molecule has 2 amide bonds. The Morgan fingerprint density at radius 2 is 2.32 bits per heavy atom. The number of nitrogen functional groups attached to an aromatic ring is 1. The van der Waals surface area contributed by atoms with Gasteiger partial charge in [-0.15, -0.1) is 0 Å². The lowest BCUT2D eigenvalue weighted by Crippen LogP contribution is -2.29. The number of rotatable bonds is 5. The molecule has 0 aliphatic heterocycles. The number of nitrogens with one attached hydrogen (secondary N) is 3. The first kappa shape index (κ1) is 15.7. The van der Waals surface area contributed by atoms with E-state index in [4.69, 9.17) is 22.6 Å². The number of aromatic nitrogens is 2. The Morgan fingerprint density at radius 1 is 1.50 bits per heavy atom. The fourth-order valence-corrected chi connectivity index (χ4v) is 2.10. The van der Waals surface area contributed by atoms with Gasteiger partial charge in [0, 0.05) is 17.3 Å². The summed E-state index contributed by atoms with van der Waals surface area (Å²) in [5.41, 5.74) is 7.21. The molecular weight excluding hydrogens is 304 g/mol. The second kappa shape index (κ2) is 7.33. The van der Waals surface area contributed by atoms with Gasteiger partial charge in [-0.1, -0.05) is 17.7 Å². The molecule has 1 aromatic carbocycles. The summed E-state index contributed by atoms with van der Waals surface area (Å²) < 4.78 is 0. The van der Waals surface area contributed by atoms with Crippen LogP contribution < -0.4 is 16.4 Å². The van der Waals surface area contributed by atoms with Crippen molar-refractivity contribution in [1.29, 1.82) is 5.26 Å². The third-order valence-electron chi connectivity index (χ3n) is 2.95. The number of hydrogen-bond donors (Lipinski definition) is 4. The Bertz CT molecular complexity index is 706. The lowest BCUT2D eigenvalue weighted by Gasteiger charge is -2.07. The van der Waals surface area contributed by atoms with Crippen LogP contribution in [0.25, 0.3) is 0 Å². The van der Waals surface area contributed by atoms with Crippen LogP contribution in [-0.4, -0.2) is 22.8 Å². The maximum Gasteiger partial charge on any atom is 0.319 e. The van der Waals surface area contributed by atoms with Crippen LogP contribution in [0.5, 0.6) is 0 Å². The third kappa shape index (κ3) is 4.14. The Morgan fingerprint density at radius 3 is 3.05 bits per heavy atom. The normalized spacial score (nSPS) is 10.0. The first-order chi connectivity index (χ1) is 10.6. The van der Waals surface area contributed by atoms with Gasteiger partial charge in [-0.2, -0.15) is 10.4 Å². The van der Waals surface area contributed by atoms with Crippen molar-refractivity contribution in [2.24, 2.45) is 0 Å². The van der Waals surface area contributed by atoms with Gasteiger partial charge in [-0.3, -0.25) is 5.10 Å². The Hall–Kier alpha value is -2.72. The molecule has 2 aromatic rings. The average Bonchev–Trinajstić information content (AvgIpc) is 2.84. The topological polar surface area (TPSA) is 120 Å². The van der Waals surface area contributed by atoms with E-state index in [-0.39, 0.29) is 11.8 Å². The van der Waals surface area contributed by atoms with E-state index in [1.165, 1.54) is 0 Å². The number of carbonyl (C=O) groups excluding carboxylic acids is 1. The van der Waals surface area contributed by atoms with E-state index in [9.17, 15) is 4.79 Å². The number of benzene rings is 1. The van der Waals surface area contributed by atoms with Gasteiger partial charge in [0.1, 0.15) is 11.6 Å². The first-order valence-corrected chi connectivity index (χ1v) is 7.01. The van der Waals surface area contributed by atoms with E-state index in [2.05, 4.69) is 20.8 Å². The molecule has 0 fully saturated rings. The smallest absolute Gasteiger partial charge is 0.319 e. The first-order valence-electron chi connectivity index (χ1n) is 6.63. The Kier molecular flexibility index (Phi) is 5.22. The highest BCUT2D eigenvalue weighted by Gasteiger charge is 2.09. The molecule has 1 aromatic heterocycles. The number of anilines is 2. The van der Waals surface area contributed by atoms with E-state index in [0.29, 0.717) is 41.4 Å². The van der Waals surface area contributed by atoms with E-state index < -0.39 is 0 Å². The fraction of sp³-hybridized carbons (Fsp3) is 0.214. The van der Waals surface area contributed by atoms with Crippen molar-refractivity contribution in [3.05, 3.63) is 40.5 Å². The van der Waals surface area contributed by atoms with Crippen molar-refractivity contribution < 1.29 is 4.79 Å². The highest BCUT2D eigenvalue weighted by atomic mass is 35.5. The minimum atomic E-state index is -0.313. The molecule has 0 bridgehead atoms. The number of H-pyrrole nitrogens is 1. The van der Waals surface area contributed by atoms with Crippen LogP contribution in [0.15, 0.2) is 24.3 Å². The number of nitrogens with two attached hydrogens (primary N) is 1. The van der Waals surface area contributed by atoms with Crippen LogP contribution in [0.1, 0.15) is 17.7 Å². The van der Waals surface area contributed by atoms with E-state index in [0.717, 1.165) is 0 Å². The monoisotopic (exact) mass is 318 g/mol. The maximum atomic E-state index is 11.7. The zero-order valence-electron chi connectivity index (χ0n) is 11.7. The molecule has 114 valence electrons. The predicted molar refractivity (Wildman–Crippen MR) is 84.5 cm³/mol. The number of urea groups is 1. The molecule has 0 spiro atoms. The molecule has 0 saturated carbocycles. The molecule has 5 N–H and O–H groups in total. The summed E-state index contributed by atoms with van der Waals surface area (Å²) in [6.07, 6.45) is 1.23. The SMILES string of the molecule is N#Cc1c(N)n[nH]c1CCCNC(=O)Nc1cccc(Cl)c1. The van der Waals surface area contributed by atoms with Gasteiger partial charge < -0.3 is 16.4 Å². The summed E-state index contributed by atoms with van der Waals surface area (Å²) in [6, 6.07) is 8.58. The van der Waals surface area contributed by atoms with Crippen molar-refractivity contribution in [1.82, 2.24) is 15.5 Å². The van der Waals surface area contributed by atoms with Gasteiger partial charge in [0.15, 0.2) is 5.82 Å². The zero-order chi connectivity index (χ0) is 15.9. The van der Waals surface area contributed by atoms with Gasteiger partial charge in [-0.05, 0) is 31.0 Å². The van der Waals surface area contributed by atoms with Gasteiger partial charge in [-0.25, -0.2) is 4.79 Å². The molecule has 0 saturated heterocycles. The summed E-state index contributed by atoms with van der Waals surface area (Å²) >= 11 is 5.84. The molecular formula is C14H15ClN6O. The largest absolute Gasteiger partial charge is 0.381 e. The highest BCUT2D eigenvalue weighted by Crippen LogP contribution is 2.15. The van der Waals surface area contributed by atoms with E-state index >= 15 is 0 Å².